The molecule has 1 fully saturated rings. The van der Waals surface area contributed by atoms with Crippen molar-refractivity contribution < 1.29 is 4.79 Å². The molecule has 1 aliphatic carbocycles. The van der Waals surface area contributed by atoms with Crippen LogP contribution in [0.4, 0.5) is 5.82 Å². The molecule has 4 rings (SSSR count). The third-order valence-electron chi connectivity index (χ3n) is 5.84. The Balaban J connectivity index is 1.55. The molecular formula is C22H25N7O. The molecule has 0 unspecified atom stereocenters. The zero-order valence-corrected chi connectivity index (χ0v) is 17.3. The number of hydrogen-bond acceptors (Lipinski definition) is 5. The number of carbonyl (C=O) groups excluding carboxylic acids is 1. The first kappa shape index (κ1) is 19.8. The van der Waals surface area contributed by atoms with Crippen LogP contribution in [0, 0.1) is 25.2 Å². The number of nitrogens with zero attached hydrogens (tertiary/aromatic N) is 6. The van der Waals surface area contributed by atoms with E-state index < -0.39 is 0 Å². The molecule has 1 aliphatic rings. The number of carbonyl (C=O) groups is 1. The van der Waals surface area contributed by atoms with E-state index in [-0.39, 0.29) is 12.5 Å². The summed E-state index contributed by atoms with van der Waals surface area (Å²) >= 11 is 0. The van der Waals surface area contributed by atoms with E-state index in [9.17, 15) is 10.1 Å². The van der Waals surface area contributed by atoms with Crippen LogP contribution in [0.25, 0.3) is 11.4 Å². The number of aromatic nitrogens is 5. The van der Waals surface area contributed by atoms with E-state index in [4.69, 9.17) is 0 Å². The summed E-state index contributed by atoms with van der Waals surface area (Å²) in [7, 11) is 0. The van der Waals surface area contributed by atoms with Crippen LogP contribution in [-0.4, -0.2) is 30.7 Å². The number of amides is 1. The minimum Gasteiger partial charge on any atom is -0.327 e. The Morgan fingerprint density at radius 3 is 2.63 bits per heavy atom. The highest BCUT2D eigenvalue weighted by Gasteiger charge is 2.26. The fraction of sp³-hybridized carbons (Fsp3) is 0.409. The average molecular weight is 403 g/mol. The van der Waals surface area contributed by atoms with Crippen LogP contribution in [0.2, 0.25) is 0 Å². The van der Waals surface area contributed by atoms with Gasteiger partial charge >= 0.3 is 0 Å². The molecule has 2 aromatic heterocycles. The first-order valence-corrected chi connectivity index (χ1v) is 10.3. The lowest BCUT2D eigenvalue weighted by Crippen LogP contribution is -2.24. The predicted octanol–water partition coefficient (Wildman–Crippen LogP) is 3.77. The number of rotatable bonds is 5. The molecule has 0 bridgehead atoms. The highest BCUT2D eigenvalue weighted by molar-refractivity contribution is 5.91. The number of benzene rings is 1. The zero-order valence-electron chi connectivity index (χ0n) is 17.3. The van der Waals surface area contributed by atoms with Gasteiger partial charge in [0.1, 0.15) is 18.4 Å². The number of tetrazole rings is 1. The van der Waals surface area contributed by atoms with Crippen molar-refractivity contribution in [3.8, 4) is 17.5 Å². The molecule has 3 aromatic rings. The van der Waals surface area contributed by atoms with Crippen molar-refractivity contribution in [1.29, 1.82) is 5.26 Å². The quantitative estimate of drug-likeness (QED) is 0.699. The Labute approximate surface area is 175 Å². The molecule has 2 heterocycles. The summed E-state index contributed by atoms with van der Waals surface area (Å²) in [5, 5.41) is 25.0. The van der Waals surface area contributed by atoms with Gasteiger partial charge in [-0.15, -0.1) is 10.2 Å². The van der Waals surface area contributed by atoms with Gasteiger partial charge in [-0.05, 0) is 37.5 Å². The van der Waals surface area contributed by atoms with Crippen molar-refractivity contribution in [2.24, 2.45) is 0 Å². The average Bonchev–Trinajstić information content (AvgIpc) is 3.32. The first-order valence-electron chi connectivity index (χ1n) is 10.3. The fourth-order valence-corrected chi connectivity index (χ4v) is 4.20. The predicted molar refractivity (Wildman–Crippen MR) is 113 cm³/mol. The fourth-order valence-electron chi connectivity index (χ4n) is 4.20. The largest absolute Gasteiger partial charge is 0.327 e. The van der Waals surface area contributed by atoms with Gasteiger partial charge in [-0.3, -0.25) is 4.79 Å². The molecule has 0 saturated heterocycles. The first-order chi connectivity index (χ1) is 14.6. The lowest BCUT2D eigenvalue weighted by Gasteiger charge is -2.27. The Bertz CT molecular complexity index is 1080. The molecule has 8 nitrogen and oxygen atoms in total. The van der Waals surface area contributed by atoms with Crippen LogP contribution in [0.15, 0.2) is 30.3 Å². The third-order valence-corrected chi connectivity index (χ3v) is 5.84. The maximum Gasteiger partial charge on any atom is 0.249 e. The minimum absolute atomic E-state index is 0.0708. The summed E-state index contributed by atoms with van der Waals surface area (Å²) in [6.07, 6.45) is 5.70. The van der Waals surface area contributed by atoms with Crippen molar-refractivity contribution >= 4 is 11.7 Å². The maximum atomic E-state index is 12.8. The molecule has 1 N–H and O–H groups in total. The van der Waals surface area contributed by atoms with E-state index in [1.165, 1.54) is 24.1 Å². The minimum atomic E-state index is -0.280. The molecule has 154 valence electrons. The molecule has 8 heteroatoms. The second-order valence-electron chi connectivity index (χ2n) is 7.77. The molecule has 0 spiro atoms. The van der Waals surface area contributed by atoms with E-state index in [1.54, 1.807) is 0 Å². The molecule has 1 saturated carbocycles. The second kappa shape index (κ2) is 8.49. The van der Waals surface area contributed by atoms with E-state index in [1.807, 2.05) is 44.2 Å². The van der Waals surface area contributed by atoms with Gasteiger partial charge in [0.15, 0.2) is 0 Å². The van der Waals surface area contributed by atoms with Crippen LogP contribution in [0.3, 0.4) is 0 Å². The lowest BCUT2D eigenvalue weighted by atomic mass is 9.95. The van der Waals surface area contributed by atoms with Crippen molar-refractivity contribution in [3.05, 3.63) is 47.2 Å². The number of nitriles is 1. The summed E-state index contributed by atoms with van der Waals surface area (Å²) in [6.45, 7) is 3.89. The van der Waals surface area contributed by atoms with Crippen molar-refractivity contribution in [2.75, 3.05) is 5.32 Å². The molecule has 0 radical (unpaired) electrons. The number of anilines is 1. The number of hydrogen-bond donors (Lipinski definition) is 1. The van der Waals surface area contributed by atoms with Gasteiger partial charge in [-0.25, -0.2) is 0 Å². The van der Waals surface area contributed by atoms with Gasteiger partial charge in [0.2, 0.25) is 11.7 Å². The normalized spacial score (nSPS) is 14.4. The van der Waals surface area contributed by atoms with Gasteiger partial charge in [0.05, 0.1) is 5.56 Å². The van der Waals surface area contributed by atoms with Gasteiger partial charge in [-0.2, -0.15) is 10.1 Å². The van der Waals surface area contributed by atoms with Gasteiger partial charge < -0.3 is 9.88 Å². The summed E-state index contributed by atoms with van der Waals surface area (Å²) < 4.78 is 2.15. The Morgan fingerprint density at radius 1 is 1.20 bits per heavy atom. The van der Waals surface area contributed by atoms with Gasteiger partial charge in [-0.1, -0.05) is 49.6 Å². The van der Waals surface area contributed by atoms with E-state index in [0.717, 1.165) is 29.7 Å². The SMILES string of the molecule is Cc1c(C#N)c(NC(=O)Cn2nnc(-c3ccccc3)n2)n(C2CCCCC2)c1C. The van der Waals surface area contributed by atoms with E-state index in [2.05, 4.69) is 31.4 Å². The second-order valence-corrected chi connectivity index (χ2v) is 7.77. The summed E-state index contributed by atoms with van der Waals surface area (Å²) in [6, 6.07) is 12.1. The van der Waals surface area contributed by atoms with Crippen molar-refractivity contribution in [2.45, 2.75) is 58.5 Å². The van der Waals surface area contributed by atoms with E-state index >= 15 is 0 Å². The van der Waals surface area contributed by atoms with Gasteiger partial charge in [0.25, 0.3) is 0 Å². The molecule has 0 aliphatic heterocycles. The smallest absolute Gasteiger partial charge is 0.249 e. The molecule has 1 aromatic carbocycles. The summed E-state index contributed by atoms with van der Waals surface area (Å²) in [5.74, 6) is 0.782. The topological polar surface area (TPSA) is 101 Å². The Kier molecular flexibility index (Phi) is 5.61. The Morgan fingerprint density at radius 2 is 1.93 bits per heavy atom. The maximum absolute atomic E-state index is 12.8. The van der Waals surface area contributed by atoms with Crippen LogP contribution in [0.1, 0.15) is 55.0 Å². The van der Waals surface area contributed by atoms with Crippen molar-refractivity contribution in [1.82, 2.24) is 24.8 Å². The third kappa shape index (κ3) is 3.83. The molecule has 0 atom stereocenters. The molecule has 1 amide bonds. The van der Waals surface area contributed by atoms with Gasteiger partial charge in [0, 0.05) is 17.3 Å². The lowest BCUT2D eigenvalue weighted by molar-refractivity contribution is -0.117. The van der Waals surface area contributed by atoms with Crippen LogP contribution >= 0.6 is 0 Å². The standard InChI is InChI=1S/C22H25N7O/c1-15-16(2)29(18-11-7-4-8-12-18)22(19(15)13-23)24-20(30)14-28-26-21(25-27-28)17-9-5-3-6-10-17/h3,5-6,9-10,18H,4,7-8,11-12,14H2,1-2H3,(H,24,30). The van der Waals surface area contributed by atoms with Crippen LogP contribution < -0.4 is 5.32 Å². The highest BCUT2D eigenvalue weighted by Crippen LogP contribution is 2.36. The van der Waals surface area contributed by atoms with E-state index in [0.29, 0.717) is 23.2 Å². The summed E-state index contributed by atoms with van der Waals surface area (Å²) in [5.41, 5.74) is 3.33. The van der Waals surface area contributed by atoms with Crippen molar-refractivity contribution in [3.63, 3.8) is 0 Å². The zero-order chi connectivity index (χ0) is 21.1. The Hall–Kier alpha value is -3.47. The van der Waals surface area contributed by atoms with Crippen LogP contribution in [0.5, 0.6) is 0 Å². The van der Waals surface area contributed by atoms with Crippen LogP contribution in [-0.2, 0) is 11.3 Å². The number of nitrogens with one attached hydrogen (secondary N) is 1. The monoisotopic (exact) mass is 403 g/mol. The summed E-state index contributed by atoms with van der Waals surface area (Å²) in [4.78, 5) is 14.1. The highest BCUT2D eigenvalue weighted by atomic mass is 16.2. The molecule has 30 heavy (non-hydrogen) atoms. The molecular weight excluding hydrogens is 378 g/mol.